The van der Waals surface area contributed by atoms with E-state index in [4.69, 9.17) is 12.2 Å². The van der Waals surface area contributed by atoms with E-state index in [9.17, 15) is 0 Å². The molecule has 0 fully saturated rings. The minimum absolute atomic E-state index is 0.0141. The number of anilines is 5. The highest BCUT2D eigenvalue weighted by Gasteiger charge is 2.22. The first kappa shape index (κ1) is 29.0. The standard InChI is InChI=1S/C34H41N5S/c1-7-39(8-2)30-22-23-31(32(24-30)36-34(40)35-27-12-10-9-11-13-27)33(25-14-18-28(19-15-25)37(3)4)26-16-20-29(21-17-26)38(5)6/h9-24,33H,7-8H2,1-6H3,(H2,35,36,40). The first-order valence-corrected chi connectivity index (χ1v) is 14.3. The number of rotatable bonds is 10. The molecule has 0 unspecified atom stereocenters. The second kappa shape index (κ2) is 13.4. The van der Waals surface area contributed by atoms with E-state index in [-0.39, 0.29) is 5.92 Å². The Bertz CT molecular complexity index is 1330. The number of thiocarbonyl (C=S) groups is 1. The molecule has 2 N–H and O–H groups in total. The van der Waals surface area contributed by atoms with Gasteiger partial charge in [-0.15, -0.1) is 0 Å². The van der Waals surface area contributed by atoms with E-state index in [1.807, 2.05) is 30.3 Å². The molecule has 4 aromatic rings. The van der Waals surface area contributed by atoms with Gasteiger partial charge in [-0.1, -0.05) is 48.5 Å². The minimum atomic E-state index is 0.0141. The normalized spacial score (nSPS) is 10.8. The van der Waals surface area contributed by atoms with Crippen LogP contribution < -0.4 is 25.3 Å². The molecule has 0 spiro atoms. The van der Waals surface area contributed by atoms with Crippen molar-refractivity contribution in [3.8, 4) is 0 Å². The molecule has 4 aromatic carbocycles. The molecule has 0 saturated heterocycles. The number of hydrogen-bond acceptors (Lipinski definition) is 4. The lowest BCUT2D eigenvalue weighted by molar-refractivity contribution is 0.865. The maximum absolute atomic E-state index is 5.81. The summed E-state index contributed by atoms with van der Waals surface area (Å²) in [7, 11) is 8.28. The first-order chi connectivity index (χ1) is 19.3. The lowest BCUT2D eigenvalue weighted by atomic mass is 9.83. The maximum Gasteiger partial charge on any atom is 0.175 e. The molecule has 0 aromatic heterocycles. The average Bonchev–Trinajstić information content (AvgIpc) is 2.96. The molecule has 0 amide bonds. The van der Waals surface area contributed by atoms with Gasteiger partial charge in [0.15, 0.2) is 5.11 Å². The molecule has 208 valence electrons. The first-order valence-electron chi connectivity index (χ1n) is 13.9. The zero-order valence-corrected chi connectivity index (χ0v) is 25.3. The van der Waals surface area contributed by atoms with E-state index in [0.29, 0.717) is 5.11 Å². The summed E-state index contributed by atoms with van der Waals surface area (Å²) in [5.74, 6) is 0.0141. The SMILES string of the molecule is CCN(CC)c1ccc(C(c2ccc(N(C)C)cc2)c2ccc(N(C)C)cc2)c(NC(=S)Nc2ccccc2)c1. The third-order valence-electron chi connectivity index (χ3n) is 7.24. The van der Waals surface area contributed by atoms with Crippen molar-refractivity contribution in [3.63, 3.8) is 0 Å². The summed E-state index contributed by atoms with van der Waals surface area (Å²) in [6.45, 7) is 6.24. The van der Waals surface area contributed by atoms with Crippen LogP contribution >= 0.6 is 12.2 Å². The zero-order chi connectivity index (χ0) is 28.6. The third-order valence-corrected chi connectivity index (χ3v) is 7.45. The zero-order valence-electron chi connectivity index (χ0n) is 24.5. The molecule has 0 heterocycles. The van der Waals surface area contributed by atoms with E-state index in [1.54, 1.807) is 0 Å². The van der Waals surface area contributed by atoms with Gasteiger partial charge in [0.2, 0.25) is 0 Å². The largest absolute Gasteiger partial charge is 0.378 e. The van der Waals surface area contributed by atoms with Crippen LogP contribution in [0.25, 0.3) is 0 Å². The number of hydrogen-bond donors (Lipinski definition) is 2. The summed E-state index contributed by atoms with van der Waals surface area (Å²) in [5, 5.41) is 7.47. The second-order valence-corrected chi connectivity index (χ2v) is 10.7. The Kier molecular flexibility index (Phi) is 9.67. The number of para-hydroxylation sites is 1. The van der Waals surface area contributed by atoms with Crippen LogP contribution in [0, 0.1) is 0 Å². The van der Waals surface area contributed by atoms with Gasteiger partial charge in [0, 0.05) is 75.6 Å². The Morgan fingerprint density at radius 2 is 1.15 bits per heavy atom. The molecule has 40 heavy (non-hydrogen) atoms. The minimum Gasteiger partial charge on any atom is -0.378 e. The molecule has 0 aliphatic rings. The lowest BCUT2D eigenvalue weighted by Gasteiger charge is -2.27. The van der Waals surface area contributed by atoms with Crippen LogP contribution in [-0.2, 0) is 0 Å². The summed E-state index contributed by atoms with van der Waals surface area (Å²) in [5.41, 5.74) is 9.09. The molecule has 5 nitrogen and oxygen atoms in total. The molecule has 0 aliphatic carbocycles. The number of nitrogens with zero attached hydrogens (tertiary/aromatic N) is 3. The van der Waals surface area contributed by atoms with E-state index in [2.05, 4.69) is 134 Å². The predicted molar refractivity (Wildman–Crippen MR) is 179 cm³/mol. The van der Waals surface area contributed by atoms with E-state index < -0.39 is 0 Å². The summed E-state index contributed by atoms with van der Waals surface area (Å²) in [4.78, 5) is 6.61. The van der Waals surface area contributed by atoms with Crippen molar-refractivity contribution < 1.29 is 0 Å². The summed E-state index contributed by atoms with van der Waals surface area (Å²) in [6, 6.07) is 34.5. The van der Waals surface area contributed by atoms with Crippen molar-refractivity contribution in [1.82, 2.24) is 0 Å². The highest BCUT2D eigenvalue weighted by molar-refractivity contribution is 7.80. The lowest BCUT2D eigenvalue weighted by Crippen LogP contribution is -2.24. The smallest absolute Gasteiger partial charge is 0.175 e. The van der Waals surface area contributed by atoms with E-state index in [1.165, 1.54) is 33.8 Å². The van der Waals surface area contributed by atoms with E-state index >= 15 is 0 Å². The Balaban J connectivity index is 1.83. The Morgan fingerprint density at radius 3 is 1.62 bits per heavy atom. The van der Waals surface area contributed by atoms with E-state index in [0.717, 1.165) is 24.5 Å². The molecule has 0 atom stereocenters. The quantitative estimate of drug-likeness (QED) is 0.156. The molecule has 0 radical (unpaired) electrons. The molecule has 4 rings (SSSR count). The van der Waals surface area contributed by atoms with Crippen molar-refractivity contribution in [2.24, 2.45) is 0 Å². The molecule has 6 heteroatoms. The van der Waals surface area contributed by atoms with Crippen LogP contribution in [0.5, 0.6) is 0 Å². The van der Waals surface area contributed by atoms with Crippen LogP contribution in [0.15, 0.2) is 97.1 Å². The molecule has 0 saturated carbocycles. The Morgan fingerprint density at radius 1 is 0.650 bits per heavy atom. The topological polar surface area (TPSA) is 33.8 Å². The predicted octanol–water partition coefficient (Wildman–Crippen LogP) is 7.65. The molecular weight excluding hydrogens is 510 g/mol. The van der Waals surface area contributed by atoms with Gasteiger partial charge in [0.1, 0.15) is 0 Å². The Hall–Kier alpha value is -4.03. The second-order valence-electron chi connectivity index (χ2n) is 10.3. The maximum atomic E-state index is 5.81. The van der Waals surface area contributed by atoms with Crippen LogP contribution in [0.4, 0.5) is 28.4 Å². The summed E-state index contributed by atoms with van der Waals surface area (Å²) < 4.78 is 0. The van der Waals surface area contributed by atoms with Gasteiger partial charge < -0.3 is 25.3 Å². The monoisotopic (exact) mass is 551 g/mol. The third kappa shape index (κ3) is 6.93. The van der Waals surface area contributed by atoms with Gasteiger partial charge in [0.25, 0.3) is 0 Å². The van der Waals surface area contributed by atoms with Crippen molar-refractivity contribution >= 4 is 45.8 Å². The molecular formula is C34H41N5S. The van der Waals surface area contributed by atoms with Gasteiger partial charge in [0.05, 0.1) is 0 Å². The van der Waals surface area contributed by atoms with Gasteiger partial charge in [-0.25, -0.2) is 0 Å². The van der Waals surface area contributed by atoms with Gasteiger partial charge in [-0.05, 0) is 91.3 Å². The van der Waals surface area contributed by atoms with Crippen molar-refractivity contribution in [1.29, 1.82) is 0 Å². The van der Waals surface area contributed by atoms with Crippen LogP contribution in [-0.4, -0.2) is 46.4 Å². The van der Waals surface area contributed by atoms with Crippen molar-refractivity contribution in [3.05, 3.63) is 114 Å². The number of benzene rings is 4. The van der Waals surface area contributed by atoms with Gasteiger partial charge in [-0.2, -0.15) is 0 Å². The average molecular weight is 552 g/mol. The van der Waals surface area contributed by atoms with Gasteiger partial charge in [-0.3, -0.25) is 0 Å². The fourth-order valence-corrected chi connectivity index (χ4v) is 5.21. The summed E-state index contributed by atoms with van der Waals surface area (Å²) in [6.07, 6.45) is 0. The highest BCUT2D eigenvalue weighted by atomic mass is 32.1. The van der Waals surface area contributed by atoms with Crippen molar-refractivity contribution in [2.75, 3.05) is 66.6 Å². The van der Waals surface area contributed by atoms with Gasteiger partial charge >= 0.3 is 0 Å². The van der Waals surface area contributed by atoms with Crippen molar-refractivity contribution in [2.45, 2.75) is 19.8 Å². The fourth-order valence-electron chi connectivity index (χ4n) is 4.98. The van der Waals surface area contributed by atoms with Crippen LogP contribution in [0.2, 0.25) is 0 Å². The Labute approximate surface area is 245 Å². The fraction of sp³-hybridized carbons (Fsp3) is 0.265. The highest BCUT2D eigenvalue weighted by Crippen LogP contribution is 2.39. The molecule has 0 aliphatic heterocycles. The molecule has 0 bridgehead atoms. The summed E-state index contributed by atoms with van der Waals surface area (Å²) >= 11 is 5.81. The number of nitrogens with one attached hydrogen (secondary N) is 2. The van der Waals surface area contributed by atoms with Crippen LogP contribution in [0.3, 0.4) is 0 Å². The van der Waals surface area contributed by atoms with Crippen LogP contribution in [0.1, 0.15) is 36.5 Å².